The smallest absolute Gasteiger partial charge is 0.233 e. The van der Waals surface area contributed by atoms with E-state index in [1.54, 1.807) is 0 Å². The van der Waals surface area contributed by atoms with Crippen molar-refractivity contribution in [2.24, 2.45) is 0 Å². The molecule has 0 saturated carbocycles. The van der Waals surface area contributed by atoms with Gasteiger partial charge in [-0.3, -0.25) is 9.59 Å². The van der Waals surface area contributed by atoms with Crippen LogP contribution >= 0.6 is 0 Å². The Kier molecular flexibility index (Phi) is 4.40. The number of hydrogen-bond acceptors (Lipinski definition) is 2. The van der Waals surface area contributed by atoms with Crippen LogP contribution in [-0.2, 0) is 11.3 Å². The third-order valence-electron chi connectivity index (χ3n) is 5.37. The predicted octanol–water partition coefficient (Wildman–Crippen LogP) is 4.46. The third-order valence-corrected chi connectivity index (χ3v) is 5.37. The van der Waals surface area contributed by atoms with Crippen LogP contribution in [0, 0.1) is 13.8 Å². The predicted molar refractivity (Wildman–Crippen MR) is 106 cm³/mol. The second-order valence-corrected chi connectivity index (χ2v) is 7.12. The van der Waals surface area contributed by atoms with Gasteiger partial charge in [0, 0.05) is 23.5 Å². The second-order valence-electron chi connectivity index (χ2n) is 7.12. The minimum atomic E-state index is -0.232. The lowest BCUT2D eigenvalue weighted by Gasteiger charge is -2.12. The quantitative estimate of drug-likeness (QED) is 0.700. The number of amides is 1. The molecule has 0 saturated heterocycles. The zero-order valence-corrected chi connectivity index (χ0v) is 15.5. The number of rotatable bonds is 4. The number of ketones is 1. The molecular weight excluding hydrogens is 336 g/mol. The normalized spacial score (nSPS) is 15.4. The highest BCUT2D eigenvalue weighted by molar-refractivity contribution is 6.08. The first-order valence-corrected chi connectivity index (χ1v) is 9.22. The van der Waals surface area contributed by atoms with Crippen molar-refractivity contribution >= 4 is 17.4 Å². The SMILES string of the molecule is Cc1ccc(NC(=O)C2CCn3c(C(=O)c4ccccc4)ccc32)cc1C. The topological polar surface area (TPSA) is 51.1 Å². The molecule has 1 aliphatic rings. The van der Waals surface area contributed by atoms with Crippen LogP contribution in [0.1, 0.15) is 45.2 Å². The van der Waals surface area contributed by atoms with Gasteiger partial charge in [-0.25, -0.2) is 0 Å². The average molecular weight is 358 g/mol. The van der Waals surface area contributed by atoms with E-state index >= 15 is 0 Å². The lowest BCUT2D eigenvalue weighted by Crippen LogP contribution is -2.19. The highest BCUT2D eigenvalue weighted by atomic mass is 16.2. The lowest BCUT2D eigenvalue weighted by molar-refractivity contribution is -0.117. The van der Waals surface area contributed by atoms with Crippen molar-refractivity contribution in [3.63, 3.8) is 0 Å². The van der Waals surface area contributed by atoms with Gasteiger partial charge in [0.25, 0.3) is 0 Å². The molecule has 136 valence electrons. The number of aromatic nitrogens is 1. The summed E-state index contributed by atoms with van der Waals surface area (Å²) in [5.74, 6) is -0.255. The van der Waals surface area contributed by atoms with Gasteiger partial charge in [-0.05, 0) is 55.7 Å². The van der Waals surface area contributed by atoms with Gasteiger partial charge in [0.2, 0.25) is 11.7 Å². The summed E-state index contributed by atoms with van der Waals surface area (Å²) in [7, 11) is 0. The molecule has 1 N–H and O–H groups in total. The number of aryl methyl sites for hydroxylation is 2. The van der Waals surface area contributed by atoms with E-state index in [1.807, 2.05) is 72.2 Å². The molecule has 1 atom stereocenters. The van der Waals surface area contributed by atoms with Crippen LogP contribution in [0.5, 0.6) is 0 Å². The molecule has 0 aliphatic carbocycles. The summed E-state index contributed by atoms with van der Waals surface area (Å²) in [5.41, 5.74) is 5.40. The summed E-state index contributed by atoms with van der Waals surface area (Å²) in [5, 5.41) is 3.03. The molecule has 4 nitrogen and oxygen atoms in total. The Morgan fingerprint density at radius 2 is 1.74 bits per heavy atom. The van der Waals surface area contributed by atoms with Gasteiger partial charge < -0.3 is 9.88 Å². The van der Waals surface area contributed by atoms with E-state index in [0.29, 0.717) is 24.2 Å². The average Bonchev–Trinajstić information content (AvgIpc) is 3.27. The number of nitrogens with one attached hydrogen (secondary N) is 1. The highest BCUT2D eigenvalue weighted by Gasteiger charge is 2.32. The molecule has 0 spiro atoms. The molecule has 3 aromatic rings. The first kappa shape index (κ1) is 17.3. The molecular formula is C23H22N2O2. The summed E-state index contributed by atoms with van der Waals surface area (Å²) in [6, 6.07) is 18.9. The van der Waals surface area contributed by atoms with Gasteiger partial charge in [0.15, 0.2) is 0 Å². The molecule has 0 bridgehead atoms. The van der Waals surface area contributed by atoms with Crippen LogP contribution in [0.2, 0.25) is 0 Å². The molecule has 1 unspecified atom stereocenters. The van der Waals surface area contributed by atoms with Gasteiger partial charge >= 0.3 is 0 Å². The Morgan fingerprint density at radius 1 is 0.963 bits per heavy atom. The Labute approximate surface area is 158 Å². The van der Waals surface area contributed by atoms with Crippen LogP contribution < -0.4 is 5.32 Å². The van der Waals surface area contributed by atoms with Crippen molar-refractivity contribution in [3.8, 4) is 0 Å². The summed E-state index contributed by atoms with van der Waals surface area (Å²) in [6.07, 6.45) is 0.710. The minimum absolute atomic E-state index is 0.00272. The van der Waals surface area contributed by atoms with Crippen LogP contribution in [0.3, 0.4) is 0 Å². The van der Waals surface area contributed by atoms with Crippen molar-refractivity contribution < 1.29 is 9.59 Å². The van der Waals surface area contributed by atoms with Crippen molar-refractivity contribution in [2.45, 2.75) is 32.7 Å². The van der Waals surface area contributed by atoms with Gasteiger partial charge in [-0.15, -0.1) is 0 Å². The van der Waals surface area contributed by atoms with Crippen LogP contribution in [0.15, 0.2) is 60.7 Å². The maximum atomic E-state index is 12.8. The molecule has 1 aromatic heterocycles. The third kappa shape index (κ3) is 3.19. The fourth-order valence-electron chi connectivity index (χ4n) is 3.69. The molecule has 0 radical (unpaired) electrons. The zero-order valence-electron chi connectivity index (χ0n) is 15.5. The fraction of sp³-hybridized carbons (Fsp3) is 0.217. The van der Waals surface area contributed by atoms with E-state index in [4.69, 9.17) is 0 Å². The summed E-state index contributed by atoms with van der Waals surface area (Å²) in [6.45, 7) is 4.77. The van der Waals surface area contributed by atoms with Crippen LogP contribution in [-0.4, -0.2) is 16.3 Å². The first-order valence-electron chi connectivity index (χ1n) is 9.22. The van der Waals surface area contributed by atoms with Crippen molar-refractivity contribution in [1.29, 1.82) is 0 Å². The van der Waals surface area contributed by atoms with E-state index in [-0.39, 0.29) is 17.6 Å². The number of carbonyl (C=O) groups excluding carboxylic acids is 2. The van der Waals surface area contributed by atoms with Gasteiger partial charge in [-0.1, -0.05) is 36.4 Å². The lowest BCUT2D eigenvalue weighted by atomic mass is 10.0. The van der Waals surface area contributed by atoms with Crippen molar-refractivity contribution in [2.75, 3.05) is 5.32 Å². The number of carbonyl (C=O) groups is 2. The van der Waals surface area contributed by atoms with E-state index in [1.165, 1.54) is 5.56 Å². The molecule has 4 rings (SSSR count). The second kappa shape index (κ2) is 6.88. The molecule has 2 aromatic carbocycles. The van der Waals surface area contributed by atoms with E-state index < -0.39 is 0 Å². The molecule has 27 heavy (non-hydrogen) atoms. The fourth-order valence-corrected chi connectivity index (χ4v) is 3.69. The Morgan fingerprint density at radius 3 is 2.48 bits per heavy atom. The van der Waals surface area contributed by atoms with E-state index in [0.717, 1.165) is 16.9 Å². The molecule has 1 amide bonds. The van der Waals surface area contributed by atoms with Gasteiger partial charge in [0.05, 0.1) is 11.6 Å². The van der Waals surface area contributed by atoms with E-state index in [9.17, 15) is 9.59 Å². The summed E-state index contributed by atoms with van der Waals surface area (Å²) < 4.78 is 1.99. The Balaban J connectivity index is 1.55. The molecule has 2 heterocycles. The van der Waals surface area contributed by atoms with Crippen LogP contribution in [0.4, 0.5) is 5.69 Å². The largest absolute Gasteiger partial charge is 0.341 e. The standard InChI is InChI=1S/C23H22N2O2/c1-15-8-9-18(14-16(15)2)24-23(27)19-12-13-25-20(19)10-11-21(25)22(26)17-6-4-3-5-7-17/h3-11,14,19H,12-13H2,1-2H3,(H,24,27). The highest BCUT2D eigenvalue weighted by Crippen LogP contribution is 2.32. The molecule has 1 aliphatic heterocycles. The van der Waals surface area contributed by atoms with Crippen molar-refractivity contribution in [1.82, 2.24) is 4.57 Å². The minimum Gasteiger partial charge on any atom is -0.341 e. The Bertz CT molecular complexity index is 1020. The van der Waals surface area contributed by atoms with Gasteiger partial charge in [-0.2, -0.15) is 0 Å². The maximum Gasteiger partial charge on any atom is 0.233 e. The number of nitrogens with zero attached hydrogens (tertiary/aromatic N) is 1. The monoisotopic (exact) mass is 358 g/mol. The van der Waals surface area contributed by atoms with Crippen molar-refractivity contribution in [3.05, 3.63) is 88.7 Å². The number of hydrogen-bond donors (Lipinski definition) is 1. The first-order chi connectivity index (χ1) is 13.0. The zero-order chi connectivity index (χ0) is 19.0. The molecule has 4 heteroatoms. The summed E-state index contributed by atoms with van der Waals surface area (Å²) >= 11 is 0. The van der Waals surface area contributed by atoms with Gasteiger partial charge in [0.1, 0.15) is 0 Å². The summed E-state index contributed by atoms with van der Waals surface area (Å²) in [4.78, 5) is 25.6. The molecule has 0 fully saturated rings. The number of fused-ring (bicyclic) bond motifs is 1. The van der Waals surface area contributed by atoms with Crippen LogP contribution in [0.25, 0.3) is 0 Å². The Hall–Kier alpha value is -3.14. The number of anilines is 1. The number of benzene rings is 2. The van der Waals surface area contributed by atoms with E-state index in [2.05, 4.69) is 12.2 Å². The maximum absolute atomic E-state index is 12.8.